The second-order valence-corrected chi connectivity index (χ2v) is 4.16. The van der Waals surface area contributed by atoms with E-state index in [1.165, 1.54) is 32.1 Å². The van der Waals surface area contributed by atoms with Crippen LogP contribution in [-0.4, -0.2) is 18.9 Å². The van der Waals surface area contributed by atoms with Gasteiger partial charge in [-0.2, -0.15) is 0 Å². The number of Topliss-reactive ketones (excluding diaryl/α,β-unsaturated/α-hetero) is 1. The number of hydrogen-bond donors (Lipinski definition) is 1. The Kier molecular flexibility index (Phi) is 5.06. The minimum Gasteiger partial charge on any atom is -0.316 e. The molecule has 1 N–H and O–H groups in total. The Balaban J connectivity index is 1.95. The highest BCUT2D eigenvalue weighted by Gasteiger charge is 2.12. The molecule has 0 aromatic rings. The van der Waals surface area contributed by atoms with E-state index in [1.54, 1.807) is 6.92 Å². The summed E-state index contributed by atoms with van der Waals surface area (Å²) in [6.07, 6.45) is 7.68. The van der Waals surface area contributed by atoms with Gasteiger partial charge in [0.2, 0.25) is 0 Å². The van der Waals surface area contributed by atoms with E-state index in [4.69, 9.17) is 0 Å². The molecule has 1 saturated carbocycles. The Morgan fingerprint density at radius 2 is 2.00 bits per heavy atom. The zero-order chi connectivity index (χ0) is 9.52. The van der Waals surface area contributed by atoms with Gasteiger partial charge in [0.25, 0.3) is 0 Å². The molecular weight excluding hydrogens is 162 g/mol. The maximum atomic E-state index is 10.7. The van der Waals surface area contributed by atoms with Crippen molar-refractivity contribution in [2.24, 2.45) is 5.92 Å². The van der Waals surface area contributed by atoms with E-state index >= 15 is 0 Å². The molecule has 1 rings (SSSR count). The third kappa shape index (κ3) is 5.04. The lowest BCUT2D eigenvalue weighted by Crippen LogP contribution is -2.26. The standard InChI is InChI=1S/C11H21NO/c1-10(13)7-8-12-9-11-5-3-2-4-6-11/h11-12H,2-9H2,1H3. The van der Waals surface area contributed by atoms with Crippen molar-refractivity contribution in [2.45, 2.75) is 45.4 Å². The molecule has 0 amide bonds. The average Bonchev–Trinajstić information content (AvgIpc) is 2.14. The highest BCUT2D eigenvalue weighted by molar-refractivity contribution is 5.75. The molecule has 2 nitrogen and oxygen atoms in total. The van der Waals surface area contributed by atoms with Crippen LogP contribution in [0.1, 0.15) is 45.4 Å². The Labute approximate surface area is 81.1 Å². The van der Waals surface area contributed by atoms with Crippen molar-refractivity contribution in [2.75, 3.05) is 13.1 Å². The van der Waals surface area contributed by atoms with Crippen LogP contribution in [0.25, 0.3) is 0 Å². The molecule has 0 aromatic heterocycles. The van der Waals surface area contributed by atoms with Gasteiger partial charge in [-0.3, -0.25) is 4.79 Å². The SMILES string of the molecule is CC(=O)CCNCC1CCCCC1. The van der Waals surface area contributed by atoms with Gasteiger partial charge in [-0.1, -0.05) is 19.3 Å². The van der Waals surface area contributed by atoms with Gasteiger partial charge in [0.1, 0.15) is 5.78 Å². The largest absolute Gasteiger partial charge is 0.316 e. The van der Waals surface area contributed by atoms with Crippen LogP contribution >= 0.6 is 0 Å². The molecule has 2 heteroatoms. The van der Waals surface area contributed by atoms with E-state index in [0.29, 0.717) is 6.42 Å². The van der Waals surface area contributed by atoms with Crippen molar-refractivity contribution in [3.8, 4) is 0 Å². The minimum atomic E-state index is 0.288. The van der Waals surface area contributed by atoms with Crippen LogP contribution in [0.2, 0.25) is 0 Å². The molecule has 1 aliphatic rings. The number of nitrogens with one attached hydrogen (secondary N) is 1. The van der Waals surface area contributed by atoms with Crippen molar-refractivity contribution in [1.29, 1.82) is 0 Å². The van der Waals surface area contributed by atoms with Gasteiger partial charge in [0.15, 0.2) is 0 Å². The highest BCUT2D eigenvalue weighted by Crippen LogP contribution is 2.22. The molecule has 1 aliphatic carbocycles. The Morgan fingerprint density at radius 3 is 2.62 bits per heavy atom. The van der Waals surface area contributed by atoms with Gasteiger partial charge < -0.3 is 5.32 Å². The van der Waals surface area contributed by atoms with Crippen LogP contribution in [0.5, 0.6) is 0 Å². The molecule has 13 heavy (non-hydrogen) atoms. The summed E-state index contributed by atoms with van der Waals surface area (Å²) >= 11 is 0. The van der Waals surface area contributed by atoms with Gasteiger partial charge in [-0.15, -0.1) is 0 Å². The molecular formula is C11H21NO. The molecule has 0 aliphatic heterocycles. The fourth-order valence-electron chi connectivity index (χ4n) is 1.96. The normalized spacial score (nSPS) is 18.8. The molecule has 0 heterocycles. The molecule has 0 bridgehead atoms. The van der Waals surface area contributed by atoms with Crippen LogP contribution in [0, 0.1) is 5.92 Å². The second kappa shape index (κ2) is 6.14. The van der Waals surface area contributed by atoms with E-state index in [2.05, 4.69) is 5.32 Å². The topological polar surface area (TPSA) is 29.1 Å². The summed E-state index contributed by atoms with van der Waals surface area (Å²) in [5, 5.41) is 3.37. The number of ketones is 1. The van der Waals surface area contributed by atoms with Gasteiger partial charge in [0.05, 0.1) is 0 Å². The van der Waals surface area contributed by atoms with Crippen LogP contribution in [0.15, 0.2) is 0 Å². The minimum absolute atomic E-state index is 0.288. The van der Waals surface area contributed by atoms with Gasteiger partial charge in [-0.05, 0) is 32.2 Å². The van der Waals surface area contributed by atoms with E-state index in [0.717, 1.165) is 19.0 Å². The fraction of sp³-hybridized carbons (Fsp3) is 0.909. The van der Waals surface area contributed by atoms with Crippen LogP contribution in [-0.2, 0) is 4.79 Å². The van der Waals surface area contributed by atoms with Crippen LogP contribution in [0.4, 0.5) is 0 Å². The maximum Gasteiger partial charge on any atom is 0.131 e. The monoisotopic (exact) mass is 183 g/mol. The van der Waals surface area contributed by atoms with Crippen molar-refractivity contribution in [3.63, 3.8) is 0 Å². The van der Waals surface area contributed by atoms with Gasteiger partial charge >= 0.3 is 0 Å². The molecule has 0 aromatic carbocycles. The molecule has 0 unspecified atom stereocenters. The zero-order valence-corrected chi connectivity index (χ0v) is 8.64. The van der Waals surface area contributed by atoms with Gasteiger partial charge in [-0.25, -0.2) is 0 Å². The third-order valence-corrected chi connectivity index (χ3v) is 2.81. The second-order valence-electron chi connectivity index (χ2n) is 4.16. The predicted octanol–water partition coefficient (Wildman–Crippen LogP) is 2.14. The van der Waals surface area contributed by atoms with Crippen molar-refractivity contribution >= 4 is 5.78 Å². The third-order valence-electron chi connectivity index (χ3n) is 2.81. The molecule has 0 atom stereocenters. The first-order valence-corrected chi connectivity index (χ1v) is 5.49. The predicted molar refractivity (Wildman–Crippen MR) is 54.7 cm³/mol. The Bertz CT molecular complexity index is 150. The van der Waals surface area contributed by atoms with E-state index in [1.807, 2.05) is 0 Å². The van der Waals surface area contributed by atoms with E-state index in [-0.39, 0.29) is 5.78 Å². The molecule has 0 saturated heterocycles. The van der Waals surface area contributed by atoms with Crippen molar-refractivity contribution in [1.82, 2.24) is 5.32 Å². The maximum absolute atomic E-state index is 10.7. The van der Waals surface area contributed by atoms with Crippen molar-refractivity contribution in [3.05, 3.63) is 0 Å². The smallest absolute Gasteiger partial charge is 0.131 e. The Hall–Kier alpha value is -0.370. The first-order valence-electron chi connectivity index (χ1n) is 5.49. The van der Waals surface area contributed by atoms with E-state index < -0.39 is 0 Å². The lowest BCUT2D eigenvalue weighted by molar-refractivity contribution is -0.116. The van der Waals surface area contributed by atoms with Crippen LogP contribution < -0.4 is 5.32 Å². The number of carbonyl (C=O) groups excluding carboxylic acids is 1. The molecule has 76 valence electrons. The summed E-state index contributed by atoms with van der Waals surface area (Å²) in [5.41, 5.74) is 0. The first-order chi connectivity index (χ1) is 6.29. The van der Waals surface area contributed by atoms with E-state index in [9.17, 15) is 4.79 Å². The first kappa shape index (κ1) is 10.7. The summed E-state index contributed by atoms with van der Waals surface area (Å²) in [6, 6.07) is 0. The summed E-state index contributed by atoms with van der Waals surface area (Å²) in [7, 11) is 0. The summed E-state index contributed by atoms with van der Waals surface area (Å²) < 4.78 is 0. The fourth-order valence-corrected chi connectivity index (χ4v) is 1.96. The molecule has 0 spiro atoms. The number of rotatable bonds is 5. The summed E-state index contributed by atoms with van der Waals surface area (Å²) in [6.45, 7) is 3.64. The lowest BCUT2D eigenvalue weighted by atomic mass is 9.89. The summed E-state index contributed by atoms with van der Waals surface area (Å²) in [4.78, 5) is 10.7. The average molecular weight is 183 g/mol. The Morgan fingerprint density at radius 1 is 1.31 bits per heavy atom. The quantitative estimate of drug-likeness (QED) is 0.662. The number of carbonyl (C=O) groups is 1. The number of hydrogen-bond acceptors (Lipinski definition) is 2. The van der Waals surface area contributed by atoms with Gasteiger partial charge in [0, 0.05) is 13.0 Å². The lowest BCUT2D eigenvalue weighted by Gasteiger charge is -2.21. The zero-order valence-electron chi connectivity index (χ0n) is 8.64. The highest BCUT2D eigenvalue weighted by atomic mass is 16.1. The van der Waals surface area contributed by atoms with Crippen molar-refractivity contribution < 1.29 is 4.79 Å². The molecule has 1 fully saturated rings. The van der Waals surface area contributed by atoms with Crippen LogP contribution in [0.3, 0.4) is 0 Å². The molecule has 0 radical (unpaired) electrons. The summed E-state index contributed by atoms with van der Waals surface area (Å²) in [5.74, 6) is 1.16.